The van der Waals surface area contributed by atoms with Crippen molar-refractivity contribution in [2.24, 2.45) is 0 Å². The summed E-state index contributed by atoms with van der Waals surface area (Å²) in [6.45, 7) is 3.02. The lowest BCUT2D eigenvalue weighted by molar-refractivity contribution is 0.148. The van der Waals surface area contributed by atoms with E-state index in [1.165, 1.54) is 12.1 Å². The van der Waals surface area contributed by atoms with Crippen LogP contribution in [0.3, 0.4) is 0 Å². The predicted octanol–water partition coefficient (Wildman–Crippen LogP) is 3.68. The normalized spacial score (nSPS) is 11.1. The zero-order valence-corrected chi connectivity index (χ0v) is 9.55. The number of ether oxygens (including phenoxy) is 1. The van der Waals surface area contributed by atoms with E-state index in [0.717, 1.165) is 10.0 Å². The van der Waals surface area contributed by atoms with E-state index < -0.39 is 0 Å². The minimum atomic E-state index is -0.242. The van der Waals surface area contributed by atoms with E-state index in [2.05, 4.69) is 15.9 Å². The van der Waals surface area contributed by atoms with E-state index in [0.29, 0.717) is 13.2 Å². The fraction of sp³-hybridized carbons (Fsp3) is 0.273. The first kappa shape index (κ1) is 11.4. The van der Waals surface area contributed by atoms with Crippen molar-refractivity contribution in [1.82, 2.24) is 0 Å². The topological polar surface area (TPSA) is 9.23 Å². The van der Waals surface area contributed by atoms with Gasteiger partial charge in [0.15, 0.2) is 0 Å². The Kier molecular flexibility index (Phi) is 4.84. The average molecular weight is 259 g/mol. The molecule has 0 amide bonds. The fourth-order valence-corrected chi connectivity index (χ4v) is 1.44. The van der Waals surface area contributed by atoms with Crippen molar-refractivity contribution < 1.29 is 9.13 Å². The highest BCUT2D eigenvalue weighted by molar-refractivity contribution is 9.10. The summed E-state index contributed by atoms with van der Waals surface area (Å²) in [5.41, 5.74) is 0.955. The van der Waals surface area contributed by atoms with Crippen molar-refractivity contribution in [2.75, 3.05) is 6.61 Å². The molecule has 0 spiro atoms. The minimum Gasteiger partial charge on any atom is -0.373 e. The third-order valence-corrected chi connectivity index (χ3v) is 2.46. The molecule has 0 aliphatic heterocycles. The van der Waals surface area contributed by atoms with Gasteiger partial charge in [-0.25, -0.2) is 4.39 Å². The van der Waals surface area contributed by atoms with Crippen LogP contribution < -0.4 is 0 Å². The van der Waals surface area contributed by atoms with Crippen LogP contribution in [-0.2, 0) is 11.3 Å². The van der Waals surface area contributed by atoms with Crippen LogP contribution in [0.4, 0.5) is 4.39 Å². The highest BCUT2D eigenvalue weighted by atomic mass is 79.9. The summed E-state index contributed by atoms with van der Waals surface area (Å²) in [5, 5.41) is 0. The third-order valence-electron chi connectivity index (χ3n) is 1.72. The molecule has 0 heterocycles. The van der Waals surface area contributed by atoms with E-state index in [4.69, 9.17) is 4.74 Å². The Balaban J connectivity index is 2.50. The Morgan fingerprint density at radius 3 is 2.93 bits per heavy atom. The Hall–Kier alpha value is -0.670. The number of benzene rings is 1. The molecular weight excluding hydrogens is 247 g/mol. The summed E-state index contributed by atoms with van der Waals surface area (Å²) in [5.74, 6) is -0.242. The molecule has 0 aliphatic carbocycles. The fourth-order valence-electron chi connectivity index (χ4n) is 0.972. The van der Waals surface area contributed by atoms with E-state index in [1.54, 1.807) is 6.07 Å². The van der Waals surface area contributed by atoms with Gasteiger partial charge in [0.1, 0.15) is 5.82 Å². The van der Waals surface area contributed by atoms with Crippen LogP contribution >= 0.6 is 15.9 Å². The number of hydrogen-bond acceptors (Lipinski definition) is 1. The van der Waals surface area contributed by atoms with Crippen molar-refractivity contribution in [3.8, 4) is 0 Å². The van der Waals surface area contributed by atoms with Crippen LogP contribution in [0.25, 0.3) is 0 Å². The Bertz CT molecular complexity index is 323. The molecule has 76 valence electrons. The molecule has 1 rings (SSSR count). The molecule has 0 bridgehead atoms. The van der Waals surface area contributed by atoms with Gasteiger partial charge in [-0.1, -0.05) is 34.1 Å². The molecule has 1 aromatic carbocycles. The standard InChI is InChI=1S/C11H12BrFO/c1-2-3-6-14-8-9-4-5-10(13)7-11(9)12/h2-5,7H,6,8H2,1H3. The van der Waals surface area contributed by atoms with Gasteiger partial charge < -0.3 is 4.74 Å². The van der Waals surface area contributed by atoms with Crippen LogP contribution in [0.15, 0.2) is 34.8 Å². The van der Waals surface area contributed by atoms with Crippen LogP contribution in [0, 0.1) is 5.82 Å². The molecule has 0 aliphatic rings. The maximum absolute atomic E-state index is 12.7. The SMILES string of the molecule is CC=CCOCc1ccc(F)cc1Br. The maximum atomic E-state index is 12.7. The van der Waals surface area contributed by atoms with Gasteiger partial charge in [0, 0.05) is 4.47 Å². The first-order valence-electron chi connectivity index (χ1n) is 4.37. The van der Waals surface area contributed by atoms with Gasteiger partial charge in [-0.05, 0) is 24.6 Å². The van der Waals surface area contributed by atoms with Gasteiger partial charge in [0.25, 0.3) is 0 Å². The van der Waals surface area contributed by atoms with Crippen molar-refractivity contribution in [1.29, 1.82) is 0 Å². The molecular formula is C11H12BrFO. The van der Waals surface area contributed by atoms with Gasteiger partial charge in [-0.3, -0.25) is 0 Å². The molecule has 0 saturated carbocycles. The largest absolute Gasteiger partial charge is 0.373 e. The maximum Gasteiger partial charge on any atom is 0.124 e. The van der Waals surface area contributed by atoms with E-state index in [1.807, 2.05) is 19.1 Å². The summed E-state index contributed by atoms with van der Waals surface area (Å²) >= 11 is 3.28. The van der Waals surface area contributed by atoms with Crippen molar-refractivity contribution in [3.63, 3.8) is 0 Å². The zero-order chi connectivity index (χ0) is 10.4. The molecule has 1 aromatic rings. The second-order valence-corrected chi connectivity index (χ2v) is 3.67. The number of halogens is 2. The summed E-state index contributed by atoms with van der Waals surface area (Å²) in [7, 11) is 0. The highest BCUT2D eigenvalue weighted by Gasteiger charge is 2.00. The molecule has 0 unspecified atom stereocenters. The molecule has 3 heteroatoms. The van der Waals surface area contributed by atoms with Gasteiger partial charge in [-0.15, -0.1) is 0 Å². The van der Waals surface area contributed by atoms with Gasteiger partial charge in [-0.2, -0.15) is 0 Å². The quantitative estimate of drug-likeness (QED) is 0.592. The van der Waals surface area contributed by atoms with Crippen LogP contribution in [0.2, 0.25) is 0 Å². The number of allylic oxidation sites excluding steroid dienone is 1. The molecule has 0 atom stereocenters. The predicted molar refractivity (Wildman–Crippen MR) is 58.6 cm³/mol. The molecule has 0 aromatic heterocycles. The van der Waals surface area contributed by atoms with Crippen molar-refractivity contribution in [3.05, 3.63) is 46.2 Å². The first-order valence-corrected chi connectivity index (χ1v) is 5.16. The Labute approximate surface area is 91.7 Å². The summed E-state index contributed by atoms with van der Waals surface area (Å²) < 4.78 is 18.8. The first-order chi connectivity index (χ1) is 6.74. The monoisotopic (exact) mass is 258 g/mol. The lowest BCUT2D eigenvalue weighted by atomic mass is 10.2. The smallest absolute Gasteiger partial charge is 0.124 e. The molecule has 0 N–H and O–H groups in total. The summed E-state index contributed by atoms with van der Waals surface area (Å²) in [6, 6.07) is 4.59. The average Bonchev–Trinajstić information content (AvgIpc) is 2.15. The Morgan fingerprint density at radius 1 is 1.50 bits per heavy atom. The summed E-state index contributed by atoms with van der Waals surface area (Å²) in [4.78, 5) is 0. The second-order valence-electron chi connectivity index (χ2n) is 2.82. The van der Waals surface area contributed by atoms with Gasteiger partial charge in [0.05, 0.1) is 13.2 Å². The molecule has 14 heavy (non-hydrogen) atoms. The van der Waals surface area contributed by atoms with Crippen LogP contribution in [-0.4, -0.2) is 6.61 Å². The number of rotatable bonds is 4. The van der Waals surface area contributed by atoms with Gasteiger partial charge >= 0.3 is 0 Å². The van der Waals surface area contributed by atoms with E-state index in [9.17, 15) is 4.39 Å². The molecule has 0 fully saturated rings. The van der Waals surface area contributed by atoms with E-state index in [-0.39, 0.29) is 5.82 Å². The Morgan fingerprint density at radius 2 is 2.29 bits per heavy atom. The molecule has 0 radical (unpaired) electrons. The van der Waals surface area contributed by atoms with Crippen molar-refractivity contribution in [2.45, 2.75) is 13.5 Å². The lowest BCUT2D eigenvalue weighted by Gasteiger charge is -2.04. The summed E-state index contributed by atoms with van der Waals surface area (Å²) in [6.07, 6.45) is 3.86. The third kappa shape index (κ3) is 3.60. The molecule has 1 nitrogen and oxygen atoms in total. The number of hydrogen-bond donors (Lipinski definition) is 0. The minimum absolute atomic E-state index is 0.242. The zero-order valence-electron chi connectivity index (χ0n) is 7.97. The lowest BCUT2D eigenvalue weighted by Crippen LogP contribution is -1.94. The van der Waals surface area contributed by atoms with Crippen LogP contribution in [0.1, 0.15) is 12.5 Å². The highest BCUT2D eigenvalue weighted by Crippen LogP contribution is 2.18. The van der Waals surface area contributed by atoms with E-state index >= 15 is 0 Å². The second kappa shape index (κ2) is 5.94. The molecule has 0 saturated heterocycles. The van der Waals surface area contributed by atoms with Crippen molar-refractivity contribution >= 4 is 15.9 Å². The van der Waals surface area contributed by atoms with Crippen LogP contribution in [0.5, 0.6) is 0 Å². The van der Waals surface area contributed by atoms with Gasteiger partial charge in [0.2, 0.25) is 0 Å².